The van der Waals surface area contributed by atoms with Crippen molar-refractivity contribution in [3.8, 4) is 0 Å². The van der Waals surface area contributed by atoms with E-state index >= 15 is 0 Å². The van der Waals surface area contributed by atoms with Crippen molar-refractivity contribution in [2.24, 2.45) is 0 Å². The first-order chi connectivity index (χ1) is 12.0. The Morgan fingerprint density at radius 2 is 1.80 bits per heavy atom. The van der Waals surface area contributed by atoms with Gasteiger partial charge in [-0.25, -0.2) is 4.79 Å². The van der Waals surface area contributed by atoms with E-state index in [-0.39, 0.29) is 17.9 Å². The standard InChI is InChI=1S/C18H23N3O4/c1-3-25-18(24)21-8-6-20(7-9-21)17(23)11-13-4-5-15-14(10-13)12-16(22)19(15)2/h4-5,10H,3,6-9,11-12H2,1-2H3. The fraction of sp³-hybridized carbons (Fsp3) is 0.500. The van der Waals surface area contributed by atoms with Crippen molar-refractivity contribution < 1.29 is 19.1 Å². The maximum Gasteiger partial charge on any atom is 0.409 e. The molecule has 3 amide bonds. The Labute approximate surface area is 147 Å². The predicted octanol–water partition coefficient (Wildman–Crippen LogP) is 1.05. The maximum absolute atomic E-state index is 12.5. The molecule has 0 atom stereocenters. The van der Waals surface area contributed by atoms with E-state index in [1.165, 1.54) is 0 Å². The van der Waals surface area contributed by atoms with E-state index in [0.29, 0.717) is 45.6 Å². The highest BCUT2D eigenvalue weighted by Gasteiger charge is 2.26. The molecule has 0 bridgehead atoms. The fourth-order valence-corrected chi connectivity index (χ4v) is 3.27. The molecule has 0 N–H and O–H groups in total. The van der Waals surface area contributed by atoms with Crippen LogP contribution in [0.3, 0.4) is 0 Å². The van der Waals surface area contributed by atoms with Crippen molar-refractivity contribution in [1.29, 1.82) is 0 Å². The van der Waals surface area contributed by atoms with Crippen LogP contribution in [0.2, 0.25) is 0 Å². The third kappa shape index (κ3) is 3.60. The molecular formula is C18H23N3O4. The lowest BCUT2D eigenvalue weighted by Gasteiger charge is -2.34. The van der Waals surface area contributed by atoms with Crippen LogP contribution in [-0.2, 0) is 27.2 Å². The highest BCUT2D eigenvalue weighted by Crippen LogP contribution is 2.28. The number of rotatable bonds is 3. The number of nitrogens with zero attached hydrogens (tertiary/aromatic N) is 3. The summed E-state index contributed by atoms with van der Waals surface area (Å²) >= 11 is 0. The van der Waals surface area contributed by atoms with Crippen LogP contribution in [0, 0.1) is 0 Å². The Morgan fingerprint density at radius 1 is 1.12 bits per heavy atom. The zero-order valence-electron chi connectivity index (χ0n) is 14.7. The molecule has 0 aromatic heterocycles. The van der Waals surface area contributed by atoms with Gasteiger partial charge in [-0.1, -0.05) is 12.1 Å². The van der Waals surface area contributed by atoms with Gasteiger partial charge in [-0.2, -0.15) is 0 Å². The van der Waals surface area contributed by atoms with Crippen LogP contribution in [0.4, 0.5) is 10.5 Å². The molecular weight excluding hydrogens is 322 g/mol. The highest BCUT2D eigenvalue weighted by molar-refractivity contribution is 6.01. The summed E-state index contributed by atoms with van der Waals surface area (Å²) < 4.78 is 4.98. The molecule has 2 heterocycles. The third-order valence-corrected chi connectivity index (χ3v) is 4.73. The number of hydrogen-bond acceptors (Lipinski definition) is 4. The van der Waals surface area contributed by atoms with Gasteiger partial charge in [0.05, 0.1) is 19.4 Å². The average molecular weight is 345 g/mol. The van der Waals surface area contributed by atoms with E-state index in [4.69, 9.17) is 4.74 Å². The number of hydrogen-bond donors (Lipinski definition) is 0. The van der Waals surface area contributed by atoms with E-state index in [1.807, 2.05) is 18.2 Å². The van der Waals surface area contributed by atoms with E-state index < -0.39 is 0 Å². The van der Waals surface area contributed by atoms with Gasteiger partial charge in [0.25, 0.3) is 0 Å². The van der Waals surface area contributed by atoms with E-state index in [1.54, 1.807) is 28.7 Å². The summed E-state index contributed by atoms with van der Waals surface area (Å²) in [6.07, 6.45) is 0.387. The van der Waals surface area contributed by atoms with Gasteiger partial charge in [0.1, 0.15) is 0 Å². The lowest BCUT2D eigenvalue weighted by Crippen LogP contribution is -2.51. The minimum absolute atomic E-state index is 0.0427. The van der Waals surface area contributed by atoms with Crippen LogP contribution in [0.5, 0.6) is 0 Å². The van der Waals surface area contributed by atoms with Gasteiger partial charge in [0.15, 0.2) is 0 Å². The lowest BCUT2D eigenvalue weighted by atomic mass is 10.1. The number of benzene rings is 1. The molecule has 2 aliphatic heterocycles. The van der Waals surface area contributed by atoms with Gasteiger partial charge in [0, 0.05) is 38.9 Å². The van der Waals surface area contributed by atoms with Gasteiger partial charge < -0.3 is 19.4 Å². The Kier molecular flexibility index (Phi) is 4.92. The van der Waals surface area contributed by atoms with Crippen molar-refractivity contribution in [3.63, 3.8) is 0 Å². The molecule has 3 rings (SSSR count). The molecule has 0 saturated carbocycles. The molecule has 1 aromatic rings. The monoisotopic (exact) mass is 345 g/mol. The van der Waals surface area contributed by atoms with Crippen LogP contribution in [0.1, 0.15) is 18.1 Å². The number of carbonyl (C=O) groups excluding carboxylic acids is 3. The van der Waals surface area contributed by atoms with Gasteiger partial charge in [0.2, 0.25) is 11.8 Å². The lowest BCUT2D eigenvalue weighted by molar-refractivity contribution is -0.132. The van der Waals surface area contributed by atoms with E-state index in [2.05, 4.69) is 0 Å². The Balaban J connectivity index is 1.56. The zero-order valence-corrected chi connectivity index (χ0v) is 14.7. The minimum atomic E-state index is -0.318. The summed E-state index contributed by atoms with van der Waals surface area (Å²) in [5.41, 5.74) is 2.81. The molecule has 7 heteroatoms. The first kappa shape index (κ1) is 17.3. The number of ether oxygens (including phenoxy) is 1. The van der Waals surface area contributed by atoms with Crippen molar-refractivity contribution >= 4 is 23.6 Å². The maximum atomic E-state index is 12.5. The number of piperazine rings is 1. The molecule has 25 heavy (non-hydrogen) atoms. The SMILES string of the molecule is CCOC(=O)N1CCN(C(=O)Cc2ccc3c(c2)CC(=O)N3C)CC1. The molecule has 134 valence electrons. The third-order valence-electron chi connectivity index (χ3n) is 4.73. The Morgan fingerprint density at radius 3 is 2.48 bits per heavy atom. The average Bonchev–Trinajstić information content (AvgIpc) is 2.89. The molecule has 0 unspecified atom stereocenters. The largest absolute Gasteiger partial charge is 0.450 e. The summed E-state index contributed by atoms with van der Waals surface area (Å²) in [5, 5.41) is 0. The second-order valence-corrected chi connectivity index (χ2v) is 6.34. The van der Waals surface area contributed by atoms with Crippen LogP contribution in [0.25, 0.3) is 0 Å². The molecule has 1 saturated heterocycles. The van der Waals surface area contributed by atoms with Crippen LogP contribution < -0.4 is 4.90 Å². The second kappa shape index (κ2) is 7.13. The molecule has 0 aliphatic carbocycles. The summed E-state index contributed by atoms with van der Waals surface area (Å²) in [7, 11) is 1.77. The molecule has 1 fully saturated rings. The number of carbonyl (C=O) groups is 3. The van der Waals surface area contributed by atoms with E-state index in [9.17, 15) is 14.4 Å². The van der Waals surface area contributed by atoms with Gasteiger partial charge in [-0.05, 0) is 24.1 Å². The number of likely N-dealkylation sites (N-methyl/N-ethyl adjacent to an activating group) is 1. The Bertz CT molecular complexity index is 696. The second-order valence-electron chi connectivity index (χ2n) is 6.34. The summed E-state index contributed by atoms with van der Waals surface area (Å²) in [5.74, 6) is 0.120. The first-order valence-electron chi connectivity index (χ1n) is 8.57. The van der Waals surface area contributed by atoms with Crippen molar-refractivity contribution in [2.45, 2.75) is 19.8 Å². The quantitative estimate of drug-likeness (QED) is 0.821. The Hall–Kier alpha value is -2.57. The minimum Gasteiger partial charge on any atom is -0.450 e. The topological polar surface area (TPSA) is 70.2 Å². The number of amides is 3. The highest BCUT2D eigenvalue weighted by atomic mass is 16.6. The molecule has 1 aromatic carbocycles. The van der Waals surface area contributed by atoms with Crippen molar-refractivity contribution in [1.82, 2.24) is 9.80 Å². The van der Waals surface area contributed by atoms with Crippen molar-refractivity contribution in [2.75, 3.05) is 44.7 Å². The fourth-order valence-electron chi connectivity index (χ4n) is 3.27. The van der Waals surface area contributed by atoms with Crippen LogP contribution in [0.15, 0.2) is 18.2 Å². The zero-order chi connectivity index (χ0) is 18.0. The van der Waals surface area contributed by atoms with Gasteiger partial charge >= 0.3 is 6.09 Å². The summed E-state index contributed by atoms with van der Waals surface area (Å²) in [6, 6.07) is 5.76. The van der Waals surface area contributed by atoms with Crippen LogP contribution in [-0.4, -0.2) is 67.5 Å². The molecule has 0 spiro atoms. The molecule has 0 radical (unpaired) electrons. The van der Waals surface area contributed by atoms with E-state index in [0.717, 1.165) is 16.8 Å². The summed E-state index contributed by atoms with van der Waals surface area (Å²) in [6.45, 7) is 4.16. The smallest absolute Gasteiger partial charge is 0.409 e. The van der Waals surface area contributed by atoms with Crippen LogP contribution >= 0.6 is 0 Å². The molecule has 2 aliphatic rings. The van der Waals surface area contributed by atoms with Crippen molar-refractivity contribution in [3.05, 3.63) is 29.3 Å². The van der Waals surface area contributed by atoms with Gasteiger partial charge in [-0.15, -0.1) is 0 Å². The summed E-state index contributed by atoms with van der Waals surface area (Å²) in [4.78, 5) is 41.0. The molecule has 7 nitrogen and oxygen atoms in total. The first-order valence-corrected chi connectivity index (χ1v) is 8.57. The number of fused-ring (bicyclic) bond motifs is 1. The normalized spacial score (nSPS) is 16.9. The number of anilines is 1. The predicted molar refractivity (Wildman–Crippen MR) is 92.4 cm³/mol. The van der Waals surface area contributed by atoms with Gasteiger partial charge in [-0.3, -0.25) is 9.59 Å².